The number of hydrogen-bond acceptors (Lipinski definition) is 2. The van der Waals surface area contributed by atoms with Gasteiger partial charge in [0.2, 0.25) is 0 Å². The van der Waals surface area contributed by atoms with Crippen LogP contribution < -0.4 is 4.74 Å². The first-order chi connectivity index (χ1) is 9.23. The lowest BCUT2D eigenvalue weighted by molar-refractivity contribution is -0.137. The van der Waals surface area contributed by atoms with Crippen LogP contribution in [-0.2, 0) is 11.0 Å². The second kappa shape index (κ2) is 6.19. The molecule has 0 amide bonds. The lowest BCUT2D eigenvalue weighted by atomic mass is 9.89. The summed E-state index contributed by atoms with van der Waals surface area (Å²) in [6, 6.07) is 3.91. The van der Waals surface area contributed by atoms with E-state index in [-0.39, 0.29) is 5.75 Å². The largest absolute Gasteiger partial charge is 0.486 e. The van der Waals surface area contributed by atoms with Gasteiger partial charge in [-0.1, -0.05) is 6.07 Å². The molecule has 0 N–H and O–H groups in total. The Morgan fingerprint density at radius 3 is 2.30 bits per heavy atom. The van der Waals surface area contributed by atoms with Crippen molar-refractivity contribution >= 4 is 5.78 Å². The topological polar surface area (TPSA) is 26.3 Å². The summed E-state index contributed by atoms with van der Waals surface area (Å²) < 4.78 is 67.3. The predicted octanol–water partition coefficient (Wildman–Crippen LogP) is 3.60. The Labute approximate surface area is 112 Å². The predicted molar refractivity (Wildman–Crippen MR) is 62.0 cm³/mol. The van der Waals surface area contributed by atoms with Gasteiger partial charge in [-0.15, -0.1) is 0 Å². The van der Waals surface area contributed by atoms with Gasteiger partial charge in [-0.25, -0.2) is 8.78 Å². The molecule has 0 heterocycles. The van der Waals surface area contributed by atoms with Crippen LogP contribution in [0.5, 0.6) is 5.75 Å². The average molecular weight is 296 g/mol. The lowest BCUT2D eigenvalue weighted by Crippen LogP contribution is -2.36. The molecular weight excluding hydrogens is 283 g/mol. The Kier molecular flexibility index (Phi) is 5.08. The Bertz CT molecular complexity index is 466. The quantitative estimate of drug-likeness (QED) is 0.750. The van der Waals surface area contributed by atoms with Gasteiger partial charge in [0.25, 0.3) is 0 Å². The highest BCUT2D eigenvalue weighted by Crippen LogP contribution is 2.31. The molecular formula is C13H13F5O2. The second-order valence-corrected chi connectivity index (χ2v) is 4.57. The Hall–Kier alpha value is -1.66. The molecule has 1 rings (SSSR count). The van der Waals surface area contributed by atoms with Crippen LogP contribution in [0, 0.1) is 5.41 Å². The van der Waals surface area contributed by atoms with Crippen molar-refractivity contribution in [3.63, 3.8) is 0 Å². The molecule has 20 heavy (non-hydrogen) atoms. The third-order valence-electron chi connectivity index (χ3n) is 2.79. The van der Waals surface area contributed by atoms with Crippen molar-refractivity contribution < 1.29 is 31.5 Å². The van der Waals surface area contributed by atoms with Crippen molar-refractivity contribution in [2.75, 3.05) is 20.0 Å². The minimum Gasteiger partial charge on any atom is -0.486 e. The number of carbonyl (C=O) groups excluding carboxylic acids is 1. The average Bonchev–Trinajstić information content (AvgIpc) is 2.43. The summed E-state index contributed by atoms with van der Waals surface area (Å²) in [4.78, 5) is 11.6. The van der Waals surface area contributed by atoms with Gasteiger partial charge in [-0.3, -0.25) is 4.79 Å². The zero-order valence-corrected chi connectivity index (χ0v) is 10.6. The third kappa shape index (κ3) is 3.91. The van der Waals surface area contributed by atoms with E-state index in [1.165, 1.54) is 6.07 Å². The summed E-state index contributed by atoms with van der Waals surface area (Å²) in [5.41, 5.74) is -2.75. The second-order valence-electron chi connectivity index (χ2n) is 4.57. The standard InChI is InChI=1S/C13H13F5O2/c1-12(7-14,8-15)11(19)6-20-10-4-2-3-9(5-10)13(16,17)18/h2-5H,6-8H2,1H3. The van der Waals surface area contributed by atoms with Crippen LogP contribution in [0.4, 0.5) is 22.0 Å². The number of Topliss-reactive ketones (excluding diaryl/α,β-unsaturated/α-hetero) is 1. The summed E-state index contributed by atoms with van der Waals surface area (Å²) in [5, 5.41) is 0. The molecule has 0 saturated heterocycles. The van der Waals surface area contributed by atoms with Crippen LogP contribution in [0.15, 0.2) is 24.3 Å². The maximum atomic E-state index is 12.6. The fourth-order valence-electron chi connectivity index (χ4n) is 1.27. The highest BCUT2D eigenvalue weighted by atomic mass is 19.4. The van der Waals surface area contributed by atoms with Crippen molar-refractivity contribution in [1.82, 2.24) is 0 Å². The van der Waals surface area contributed by atoms with Crippen LogP contribution in [0.1, 0.15) is 12.5 Å². The Morgan fingerprint density at radius 1 is 1.20 bits per heavy atom. The highest BCUT2D eigenvalue weighted by Gasteiger charge is 2.34. The van der Waals surface area contributed by atoms with Gasteiger partial charge >= 0.3 is 6.18 Å². The molecule has 112 valence electrons. The number of benzene rings is 1. The molecule has 0 fully saturated rings. The van der Waals surface area contributed by atoms with Crippen LogP contribution in [0.3, 0.4) is 0 Å². The van der Waals surface area contributed by atoms with Crippen molar-refractivity contribution in [2.45, 2.75) is 13.1 Å². The minimum absolute atomic E-state index is 0.187. The van der Waals surface area contributed by atoms with Crippen LogP contribution in [-0.4, -0.2) is 25.7 Å². The molecule has 0 aromatic heterocycles. The normalized spacial score (nSPS) is 12.3. The van der Waals surface area contributed by atoms with E-state index < -0.39 is 42.9 Å². The fraction of sp³-hybridized carbons (Fsp3) is 0.462. The summed E-state index contributed by atoms with van der Waals surface area (Å²) in [7, 11) is 0. The van der Waals surface area contributed by atoms with E-state index in [1.807, 2.05) is 0 Å². The Balaban J connectivity index is 2.74. The molecule has 0 bridgehead atoms. The van der Waals surface area contributed by atoms with Crippen LogP contribution in [0.25, 0.3) is 0 Å². The molecule has 0 aliphatic rings. The van der Waals surface area contributed by atoms with Gasteiger partial charge in [0.1, 0.15) is 25.7 Å². The molecule has 2 nitrogen and oxygen atoms in total. The van der Waals surface area contributed by atoms with Crippen molar-refractivity contribution in [3.05, 3.63) is 29.8 Å². The maximum absolute atomic E-state index is 12.6. The monoisotopic (exact) mass is 296 g/mol. The van der Waals surface area contributed by atoms with Crippen molar-refractivity contribution in [1.29, 1.82) is 0 Å². The molecule has 0 atom stereocenters. The zero-order valence-electron chi connectivity index (χ0n) is 10.6. The van der Waals surface area contributed by atoms with Gasteiger partial charge in [0.15, 0.2) is 5.78 Å². The van der Waals surface area contributed by atoms with Crippen LogP contribution >= 0.6 is 0 Å². The van der Waals surface area contributed by atoms with E-state index in [2.05, 4.69) is 0 Å². The number of alkyl halides is 5. The molecule has 1 aromatic carbocycles. The van der Waals surface area contributed by atoms with Gasteiger partial charge in [0.05, 0.1) is 11.0 Å². The molecule has 1 aromatic rings. The molecule has 0 radical (unpaired) electrons. The summed E-state index contributed by atoms with van der Waals surface area (Å²) in [6.45, 7) is -2.00. The minimum atomic E-state index is -4.53. The van der Waals surface area contributed by atoms with E-state index in [1.54, 1.807) is 0 Å². The summed E-state index contributed by atoms with van der Waals surface area (Å²) in [6.07, 6.45) is -4.53. The van der Waals surface area contributed by atoms with E-state index in [9.17, 15) is 26.7 Å². The van der Waals surface area contributed by atoms with Gasteiger partial charge in [-0.2, -0.15) is 13.2 Å². The number of ketones is 1. The summed E-state index contributed by atoms with van der Waals surface area (Å²) in [5.74, 6) is -1.03. The maximum Gasteiger partial charge on any atom is 0.416 e. The number of hydrogen-bond donors (Lipinski definition) is 0. The van der Waals surface area contributed by atoms with E-state index in [0.717, 1.165) is 25.1 Å². The first-order valence-corrected chi connectivity index (χ1v) is 5.68. The molecule has 0 spiro atoms. The fourth-order valence-corrected chi connectivity index (χ4v) is 1.27. The number of carbonyl (C=O) groups is 1. The molecule has 0 aliphatic carbocycles. The highest BCUT2D eigenvalue weighted by molar-refractivity contribution is 5.86. The number of rotatable bonds is 6. The van der Waals surface area contributed by atoms with Gasteiger partial charge < -0.3 is 4.74 Å². The smallest absolute Gasteiger partial charge is 0.416 e. The summed E-state index contributed by atoms with van der Waals surface area (Å²) >= 11 is 0. The van der Waals surface area contributed by atoms with Crippen molar-refractivity contribution in [2.24, 2.45) is 5.41 Å². The van der Waals surface area contributed by atoms with Crippen LogP contribution in [0.2, 0.25) is 0 Å². The first kappa shape index (κ1) is 16.4. The van der Waals surface area contributed by atoms with Gasteiger partial charge in [0, 0.05) is 0 Å². The zero-order chi connectivity index (χ0) is 15.4. The SMILES string of the molecule is CC(CF)(CF)C(=O)COc1cccc(C(F)(F)F)c1. The number of ether oxygens (including phenoxy) is 1. The number of halogens is 5. The molecule has 0 saturated carbocycles. The lowest BCUT2D eigenvalue weighted by Gasteiger charge is -2.20. The van der Waals surface area contributed by atoms with E-state index in [4.69, 9.17) is 4.74 Å². The van der Waals surface area contributed by atoms with Crippen molar-refractivity contribution in [3.8, 4) is 5.75 Å². The van der Waals surface area contributed by atoms with E-state index in [0.29, 0.717) is 0 Å². The molecule has 0 aliphatic heterocycles. The van der Waals surface area contributed by atoms with E-state index >= 15 is 0 Å². The molecule has 7 heteroatoms. The van der Waals surface area contributed by atoms with Gasteiger partial charge in [-0.05, 0) is 25.1 Å². The molecule has 0 unspecified atom stereocenters. The first-order valence-electron chi connectivity index (χ1n) is 5.68. The Morgan fingerprint density at radius 2 is 1.80 bits per heavy atom. The third-order valence-corrected chi connectivity index (χ3v) is 2.79.